The fourth-order valence-corrected chi connectivity index (χ4v) is 2.74. The molecule has 0 amide bonds. The Labute approximate surface area is 110 Å². The Morgan fingerprint density at radius 2 is 2.21 bits per heavy atom. The predicted molar refractivity (Wildman–Crippen MR) is 70.9 cm³/mol. The number of nitrogens with zero attached hydrogens (tertiary/aromatic N) is 3. The van der Waals surface area contributed by atoms with Crippen molar-refractivity contribution >= 4 is 17.7 Å². The molecule has 0 aliphatic heterocycles. The number of fused-ring (bicyclic) bond motifs is 1. The van der Waals surface area contributed by atoms with Gasteiger partial charge in [-0.25, -0.2) is 14.3 Å². The maximum Gasteiger partial charge on any atom is 0.328 e. The van der Waals surface area contributed by atoms with Gasteiger partial charge in [-0.2, -0.15) is 5.10 Å². The number of carboxylic acids is 1. The molecule has 19 heavy (non-hydrogen) atoms. The van der Waals surface area contributed by atoms with Gasteiger partial charge in [-0.05, 0) is 25.0 Å². The molecule has 0 radical (unpaired) electrons. The molecule has 0 spiro atoms. The minimum absolute atomic E-state index is 0.426. The van der Waals surface area contributed by atoms with Crippen molar-refractivity contribution in [2.45, 2.75) is 31.6 Å². The minimum Gasteiger partial charge on any atom is -0.478 e. The van der Waals surface area contributed by atoms with E-state index in [4.69, 9.17) is 5.11 Å². The van der Waals surface area contributed by atoms with Gasteiger partial charge in [-0.15, -0.1) is 0 Å². The van der Waals surface area contributed by atoms with Crippen LogP contribution in [0, 0.1) is 0 Å². The van der Waals surface area contributed by atoms with Crippen LogP contribution in [0.25, 0.3) is 11.7 Å². The molecule has 98 valence electrons. The predicted octanol–water partition coefficient (Wildman–Crippen LogP) is 2.48. The highest BCUT2D eigenvalue weighted by molar-refractivity contribution is 5.87. The van der Waals surface area contributed by atoms with Gasteiger partial charge in [-0.3, -0.25) is 0 Å². The lowest BCUT2D eigenvalue weighted by Crippen LogP contribution is -1.96. The van der Waals surface area contributed by atoms with Crippen LogP contribution in [0.15, 0.2) is 24.5 Å². The van der Waals surface area contributed by atoms with Crippen molar-refractivity contribution < 1.29 is 9.90 Å². The molecule has 1 aliphatic rings. The van der Waals surface area contributed by atoms with Crippen molar-refractivity contribution in [3.8, 4) is 0 Å². The van der Waals surface area contributed by atoms with E-state index in [1.807, 2.05) is 12.3 Å². The topological polar surface area (TPSA) is 67.5 Å². The summed E-state index contributed by atoms with van der Waals surface area (Å²) in [5, 5.41) is 13.4. The minimum atomic E-state index is -0.951. The van der Waals surface area contributed by atoms with Crippen LogP contribution >= 0.6 is 0 Å². The number of aliphatic carboxylic acids is 1. The first-order valence-electron chi connectivity index (χ1n) is 6.50. The Bertz CT molecular complexity index is 639. The number of aromatic nitrogens is 3. The van der Waals surface area contributed by atoms with Gasteiger partial charge in [-0.1, -0.05) is 12.8 Å². The average molecular weight is 257 g/mol. The van der Waals surface area contributed by atoms with Gasteiger partial charge in [0.25, 0.3) is 0 Å². The molecule has 5 nitrogen and oxygen atoms in total. The van der Waals surface area contributed by atoms with Crippen molar-refractivity contribution in [1.29, 1.82) is 0 Å². The number of hydrogen-bond donors (Lipinski definition) is 1. The standard InChI is InChI=1S/C14H15N3O2/c18-12(19)7-6-11-13(10-4-1-2-5-10)16-17-9-3-8-15-14(11)17/h3,6-10H,1-2,4-5H2,(H,18,19)/b7-6+. The number of rotatable bonds is 3. The zero-order chi connectivity index (χ0) is 13.2. The molecule has 2 heterocycles. The van der Waals surface area contributed by atoms with Gasteiger partial charge in [0.2, 0.25) is 0 Å². The van der Waals surface area contributed by atoms with Crippen LogP contribution in [0.4, 0.5) is 0 Å². The molecule has 0 saturated heterocycles. The number of carboxylic acid groups (broad SMARTS) is 1. The van der Waals surface area contributed by atoms with E-state index < -0.39 is 5.97 Å². The second kappa shape index (κ2) is 4.84. The summed E-state index contributed by atoms with van der Waals surface area (Å²) in [6.45, 7) is 0. The monoisotopic (exact) mass is 257 g/mol. The van der Waals surface area contributed by atoms with Gasteiger partial charge in [0.05, 0.1) is 5.69 Å². The first-order chi connectivity index (χ1) is 9.25. The fourth-order valence-electron chi connectivity index (χ4n) is 2.74. The first-order valence-corrected chi connectivity index (χ1v) is 6.50. The molecule has 1 aliphatic carbocycles. The molecule has 2 aromatic heterocycles. The van der Waals surface area contributed by atoms with E-state index >= 15 is 0 Å². The van der Waals surface area contributed by atoms with Crippen LogP contribution in [0.1, 0.15) is 42.9 Å². The Balaban J connectivity index is 2.13. The SMILES string of the molecule is O=C(O)/C=C/c1c(C2CCCC2)nn2cccnc12. The van der Waals surface area contributed by atoms with E-state index in [9.17, 15) is 4.79 Å². The summed E-state index contributed by atoms with van der Waals surface area (Å²) in [4.78, 5) is 15.0. The van der Waals surface area contributed by atoms with Gasteiger partial charge in [0.15, 0.2) is 5.65 Å². The van der Waals surface area contributed by atoms with Crippen LogP contribution in [-0.4, -0.2) is 25.7 Å². The molecule has 1 saturated carbocycles. The Hall–Kier alpha value is -2.17. The Morgan fingerprint density at radius 3 is 2.95 bits per heavy atom. The van der Waals surface area contributed by atoms with E-state index in [-0.39, 0.29) is 0 Å². The van der Waals surface area contributed by atoms with E-state index in [1.54, 1.807) is 16.8 Å². The van der Waals surface area contributed by atoms with Gasteiger partial charge < -0.3 is 5.11 Å². The summed E-state index contributed by atoms with van der Waals surface area (Å²) < 4.78 is 1.73. The molecule has 1 N–H and O–H groups in total. The van der Waals surface area contributed by atoms with Crippen molar-refractivity contribution in [2.24, 2.45) is 0 Å². The summed E-state index contributed by atoms with van der Waals surface area (Å²) in [5.41, 5.74) is 2.55. The maximum absolute atomic E-state index is 10.7. The molecule has 0 atom stereocenters. The molecular formula is C14H15N3O2. The molecular weight excluding hydrogens is 242 g/mol. The third-order valence-electron chi connectivity index (χ3n) is 3.59. The zero-order valence-electron chi connectivity index (χ0n) is 10.5. The fraction of sp³-hybridized carbons (Fsp3) is 0.357. The third-order valence-corrected chi connectivity index (χ3v) is 3.59. The van der Waals surface area contributed by atoms with Crippen molar-refractivity contribution in [1.82, 2.24) is 14.6 Å². The van der Waals surface area contributed by atoms with Gasteiger partial charge in [0.1, 0.15) is 0 Å². The second-order valence-electron chi connectivity index (χ2n) is 4.84. The quantitative estimate of drug-likeness (QED) is 0.858. The number of hydrogen-bond acceptors (Lipinski definition) is 3. The first kappa shape index (κ1) is 11.9. The summed E-state index contributed by atoms with van der Waals surface area (Å²) in [6, 6.07) is 1.82. The Kier molecular flexibility index (Phi) is 3.03. The molecule has 5 heteroatoms. The lowest BCUT2D eigenvalue weighted by Gasteiger charge is -2.05. The highest BCUT2D eigenvalue weighted by Gasteiger charge is 2.24. The normalized spacial score (nSPS) is 16.6. The molecule has 0 bridgehead atoms. The zero-order valence-corrected chi connectivity index (χ0v) is 10.5. The van der Waals surface area contributed by atoms with Crippen LogP contribution in [0.3, 0.4) is 0 Å². The summed E-state index contributed by atoms with van der Waals surface area (Å²) >= 11 is 0. The van der Waals surface area contributed by atoms with E-state index in [1.165, 1.54) is 12.8 Å². The summed E-state index contributed by atoms with van der Waals surface area (Å²) in [5.74, 6) is -0.525. The maximum atomic E-state index is 10.7. The van der Waals surface area contributed by atoms with Crippen molar-refractivity contribution in [3.63, 3.8) is 0 Å². The van der Waals surface area contributed by atoms with Crippen LogP contribution < -0.4 is 0 Å². The Morgan fingerprint density at radius 1 is 1.42 bits per heavy atom. The summed E-state index contributed by atoms with van der Waals surface area (Å²) in [7, 11) is 0. The van der Waals surface area contributed by atoms with Crippen LogP contribution in [0.5, 0.6) is 0 Å². The average Bonchev–Trinajstić information content (AvgIpc) is 3.03. The lowest BCUT2D eigenvalue weighted by atomic mass is 10.00. The third kappa shape index (κ3) is 2.23. The molecule has 2 aromatic rings. The van der Waals surface area contributed by atoms with Gasteiger partial charge in [0, 0.05) is 30.0 Å². The highest BCUT2D eigenvalue weighted by Crippen LogP contribution is 2.36. The molecule has 1 fully saturated rings. The highest BCUT2D eigenvalue weighted by atomic mass is 16.4. The second-order valence-corrected chi connectivity index (χ2v) is 4.84. The molecule has 0 unspecified atom stereocenters. The van der Waals surface area contributed by atoms with Crippen molar-refractivity contribution in [3.05, 3.63) is 35.8 Å². The van der Waals surface area contributed by atoms with E-state index in [2.05, 4.69) is 10.1 Å². The molecule has 0 aromatic carbocycles. The van der Waals surface area contributed by atoms with E-state index in [0.29, 0.717) is 5.92 Å². The molecule has 3 rings (SSSR count). The lowest BCUT2D eigenvalue weighted by molar-refractivity contribution is -0.131. The summed E-state index contributed by atoms with van der Waals surface area (Å²) in [6.07, 6.45) is 11.0. The van der Waals surface area contributed by atoms with Crippen LogP contribution in [0.2, 0.25) is 0 Å². The van der Waals surface area contributed by atoms with Gasteiger partial charge >= 0.3 is 5.97 Å². The van der Waals surface area contributed by atoms with E-state index in [0.717, 1.165) is 35.8 Å². The number of carbonyl (C=O) groups is 1. The van der Waals surface area contributed by atoms with Crippen molar-refractivity contribution in [2.75, 3.05) is 0 Å². The smallest absolute Gasteiger partial charge is 0.328 e. The largest absolute Gasteiger partial charge is 0.478 e. The van der Waals surface area contributed by atoms with Crippen LogP contribution in [-0.2, 0) is 4.79 Å².